The van der Waals surface area contributed by atoms with Gasteiger partial charge in [0.1, 0.15) is 6.29 Å². The number of hydrogen-bond acceptors (Lipinski definition) is 2. The second kappa shape index (κ2) is 5.35. The molecule has 0 saturated heterocycles. The smallest absolute Gasteiger partial charge is 0.411 e. The third-order valence-corrected chi connectivity index (χ3v) is 2.90. The van der Waals surface area contributed by atoms with Crippen LogP contribution in [0, 0.1) is 0 Å². The van der Waals surface area contributed by atoms with E-state index < -0.39 is 6.09 Å². The molecule has 0 bridgehead atoms. The molecule has 0 saturated carbocycles. The summed E-state index contributed by atoms with van der Waals surface area (Å²) in [5.74, 6) is 0. The van der Waals surface area contributed by atoms with Gasteiger partial charge in [0.15, 0.2) is 0 Å². The minimum atomic E-state index is -1.01. The molecule has 0 radical (unpaired) electrons. The van der Waals surface area contributed by atoms with E-state index in [9.17, 15) is 9.59 Å². The number of aldehydes is 1. The molecule has 96 valence electrons. The Balaban J connectivity index is 2.36. The number of nitrogens with zero attached hydrogens (tertiary/aromatic N) is 1. The van der Waals surface area contributed by atoms with Crippen molar-refractivity contribution in [3.05, 3.63) is 54.1 Å². The summed E-state index contributed by atoms with van der Waals surface area (Å²) in [7, 11) is 1.50. The number of anilines is 1. The first-order chi connectivity index (χ1) is 9.11. The van der Waals surface area contributed by atoms with Crippen LogP contribution in [0.4, 0.5) is 10.5 Å². The highest BCUT2D eigenvalue weighted by Gasteiger charge is 2.09. The Bertz CT molecular complexity index is 605. The average molecular weight is 255 g/mol. The molecule has 0 atom stereocenters. The molecule has 0 aliphatic heterocycles. The van der Waals surface area contributed by atoms with Gasteiger partial charge in [0.05, 0.1) is 0 Å². The third kappa shape index (κ3) is 2.80. The predicted octanol–water partition coefficient (Wildman–Crippen LogP) is 3.28. The lowest BCUT2D eigenvalue weighted by Gasteiger charge is -2.14. The van der Waals surface area contributed by atoms with Gasteiger partial charge in [-0.15, -0.1) is 0 Å². The fraction of sp³-hybridized carbons (Fsp3) is 0.0667. The zero-order valence-corrected chi connectivity index (χ0v) is 10.4. The summed E-state index contributed by atoms with van der Waals surface area (Å²) in [4.78, 5) is 22.7. The van der Waals surface area contributed by atoms with Crippen LogP contribution in [-0.2, 0) is 0 Å². The van der Waals surface area contributed by atoms with Crippen molar-refractivity contribution in [1.29, 1.82) is 0 Å². The van der Waals surface area contributed by atoms with Crippen LogP contribution in [0.2, 0.25) is 0 Å². The van der Waals surface area contributed by atoms with Gasteiger partial charge in [-0.3, -0.25) is 9.69 Å². The van der Waals surface area contributed by atoms with E-state index in [4.69, 9.17) is 5.11 Å². The Kier molecular flexibility index (Phi) is 3.61. The molecule has 0 fully saturated rings. The molecule has 4 heteroatoms. The summed E-state index contributed by atoms with van der Waals surface area (Å²) in [6.07, 6.45) is -0.216. The number of carbonyl (C=O) groups excluding carboxylic acids is 1. The lowest BCUT2D eigenvalue weighted by Crippen LogP contribution is -2.23. The van der Waals surface area contributed by atoms with Gasteiger partial charge in [-0.05, 0) is 23.3 Å². The summed E-state index contributed by atoms with van der Waals surface area (Å²) in [6, 6.07) is 14.4. The maximum atomic E-state index is 10.9. The molecule has 0 heterocycles. The van der Waals surface area contributed by atoms with Crippen LogP contribution in [0.5, 0.6) is 0 Å². The van der Waals surface area contributed by atoms with Crippen LogP contribution in [0.15, 0.2) is 48.5 Å². The van der Waals surface area contributed by atoms with Gasteiger partial charge in [-0.1, -0.05) is 36.4 Å². The number of rotatable bonds is 3. The Morgan fingerprint density at radius 2 is 1.79 bits per heavy atom. The van der Waals surface area contributed by atoms with Crippen LogP contribution in [0.25, 0.3) is 11.1 Å². The quantitative estimate of drug-likeness (QED) is 0.856. The zero-order valence-electron chi connectivity index (χ0n) is 10.4. The first-order valence-electron chi connectivity index (χ1n) is 5.74. The molecular formula is C15H13NO3. The fourth-order valence-electron chi connectivity index (χ4n) is 1.76. The maximum absolute atomic E-state index is 10.9. The highest BCUT2D eigenvalue weighted by molar-refractivity contribution is 5.86. The molecule has 2 aromatic rings. The van der Waals surface area contributed by atoms with Crippen molar-refractivity contribution in [3.8, 4) is 11.1 Å². The van der Waals surface area contributed by atoms with E-state index in [0.717, 1.165) is 22.3 Å². The van der Waals surface area contributed by atoms with E-state index in [0.29, 0.717) is 11.3 Å². The second-order valence-corrected chi connectivity index (χ2v) is 4.13. The predicted molar refractivity (Wildman–Crippen MR) is 73.7 cm³/mol. The maximum Gasteiger partial charge on any atom is 0.411 e. The minimum absolute atomic E-state index is 0.601. The summed E-state index contributed by atoms with van der Waals surface area (Å²) in [5, 5.41) is 8.95. The number of benzene rings is 2. The Morgan fingerprint density at radius 3 is 2.37 bits per heavy atom. The van der Waals surface area contributed by atoms with Gasteiger partial charge in [0, 0.05) is 18.3 Å². The molecule has 0 aromatic heterocycles. The van der Waals surface area contributed by atoms with Crippen LogP contribution >= 0.6 is 0 Å². The Morgan fingerprint density at radius 1 is 1.11 bits per heavy atom. The lowest BCUT2D eigenvalue weighted by molar-refractivity contribution is 0.112. The molecule has 1 N–H and O–H groups in total. The Labute approximate surface area is 110 Å². The fourth-order valence-corrected chi connectivity index (χ4v) is 1.76. The normalized spacial score (nSPS) is 9.95. The van der Waals surface area contributed by atoms with E-state index >= 15 is 0 Å². The first-order valence-corrected chi connectivity index (χ1v) is 5.74. The molecule has 4 nitrogen and oxygen atoms in total. The summed E-state index contributed by atoms with van der Waals surface area (Å²) < 4.78 is 0. The van der Waals surface area contributed by atoms with Crippen LogP contribution in [0.1, 0.15) is 10.4 Å². The number of hydrogen-bond donors (Lipinski definition) is 1. The SMILES string of the molecule is CN(C(=O)O)c1cccc(-c2ccc(C=O)cc2)c1. The zero-order chi connectivity index (χ0) is 13.8. The topological polar surface area (TPSA) is 57.6 Å². The van der Waals surface area contributed by atoms with Gasteiger partial charge in [-0.25, -0.2) is 4.79 Å². The largest absolute Gasteiger partial charge is 0.465 e. The number of carboxylic acid groups (broad SMARTS) is 1. The number of carbonyl (C=O) groups is 2. The van der Waals surface area contributed by atoms with Crippen molar-refractivity contribution < 1.29 is 14.7 Å². The van der Waals surface area contributed by atoms with Crippen molar-refractivity contribution in [3.63, 3.8) is 0 Å². The van der Waals surface area contributed by atoms with Gasteiger partial charge in [0.25, 0.3) is 0 Å². The highest BCUT2D eigenvalue weighted by Crippen LogP contribution is 2.24. The van der Waals surface area contributed by atoms with E-state index in [1.165, 1.54) is 7.05 Å². The van der Waals surface area contributed by atoms with E-state index in [1.807, 2.05) is 18.2 Å². The van der Waals surface area contributed by atoms with E-state index in [-0.39, 0.29) is 0 Å². The first kappa shape index (κ1) is 12.8. The number of amides is 1. The standard InChI is InChI=1S/C15H13NO3/c1-16(15(18)19)14-4-2-3-13(9-14)12-7-5-11(10-17)6-8-12/h2-10H,1H3,(H,18,19). The van der Waals surface area contributed by atoms with Crippen molar-refractivity contribution >= 4 is 18.1 Å². The van der Waals surface area contributed by atoms with Gasteiger partial charge < -0.3 is 5.11 Å². The van der Waals surface area contributed by atoms with E-state index in [1.54, 1.807) is 30.3 Å². The monoisotopic (exact) mass is 255 g/mol. The van der Waals surface area contributed by atoms with Crippen molar-refractivity contribution in [2.45, 2.75) is 0 Å². The van der Waals surface area contributed by atoms with Crippen LogP contribution in [0.3, 0.4) is 0 Å². The van der Waals surface area contributed by atoms with Gasteiger partial charge in [0.2, 0.25) is 0 Å². The Hall–Kier alpha value is -2.62. The summed E-state index contributed by atoms with van der Waals surface area (Å²) in [5.41, 5.74) is 3.06. The van der Waals surface area contributed by atoms with Gasteiger partial charge >= 0.3 is 6.09 Å². The second-order valence-electron chi connectivity index (χ2n) is 4.13. The van der Waals surface area contributed by atoms with Gasteiger partial charge in [-0.2, -0.15) is 0 Å². The molecule has 0 spiro atoms. The third-order valence-electron chi connectivity index (χ3n) is 2.90. The molecule has 19 heavy (non-hydrogen) atoms. The molecular weight excluding hydrogens is 242 g/mol. The molecule has 0 aliphatic carbocycles. The van der Waals surface area contributed by atoms with Crippen molar-refractivity contribution in [1.82, 2.24) is 0 Å². The molecule has 2 aromatic carbocycles. The lowest BCUT2D eigenvalue weighted by atomic mass is 10.0. The molecule has 0 unspecified atom stereocenters. The van der Waals surface area contributed by atoms with Crippen molar-refractivity contribution in [2.75, 3.05) is 11.9 Å². The molecule has 2 rings (SSSR count). The van der Waals surface area contributed by atoms with E-state index in [2.05, 4.69) is 0 Å². The van der Waals surface area contributed by atoms with Crippen LogP contribution in [-0.4, -0.2) is 24.5 Å². The summed E-state index contributed by atoms with van der Waals surface area (Å²) >= 11 is 0. The molecule has 0 aliphatic rings. The highest BCUT2D eigenvalue weighted by atomic mass is 16.4. The summed E-state index contributed by atoms with van der Waals surface area (Å²) in [6.45, 7) is 0. The van der Waals surface area contributed by atoms with Crippen LogP contribution < -0.4 is 4.90 Å². The minimum Gasteiger partial charge on any atom is -0.465 e. The average Bonchev–Trinajstić information content (AvgIpc) is 2.46. The van der Waals surface area contributed by atoms with Crippen molar-refractivity contribution in [2.24, 2.45) is 0 Å². The molecule has 1 amide bonds.